The van der Waals surface area contributed by atoms with Crippen LogP contribution >= 0.6 is 0 Å². The molecule has 3 amide bonds. The number of nitrogens with one attached hydrogen (secondary N) is 1. The van der Waals surface area contributed by atoms with Crippen LogP contribution in [-0.2, 0) is 4.79 Å². The molecule has 2 unspecified atom stereocenters. The molecule has 13 heteroatoms. The van der Waals surface area contributed by atoms with Crippen LogP contribution in [-0.4, -0.2) is 104 Å². The summed E-state index contributed by atoms with van der Waals surface area (Å²) in [5.41, 5.74) is 1.85. The molecule has 2 N–H and O–H groups in total. The maximum absolute atomic E-state index is 14.1. The first kappa shape index (κ1) is 35.6. The first-order chi connectivity index (χ1) is 23.9. The quantitative estimate of drug-likeness (QED) is 0.336. The molecule has 270 valence electrons. The fourth-order valence-electron chi connectivity index (χ4n) is 7.80. The second kappa shape index (κ2) is 14.9. The lowest BCUT2D eigenvalue weighted by molar-refractivity contribution is -0.146. The minimum absolute atomic E-state index is 0.0580. The molecule has 1 aromatic carbocycles. The van der Waals surface area contributed by atoms with Crippen LogP contribution in [0, 0.1) is 17.2 Å². The third kappa shape index (κ3) is 7.87. The number of hydrogen-bond acceptors (Lipinski definition) is 6. The lowest BCUT2D eigenvalue weighted by atomic mass is 9.80. The fraction of sp³-hybridized carbons (Fsp3) is 0.595. The highest BCUT2D eigenvalue weighted by molar-refractivity contribution is 5.95. The predicted octanol–water partition coefficient (Wildman–Crippen LogP) is 5.47. The molecule has 6 rings (SSSR count). The molecule has 1 saturated carbocycles. The summed E-state index contributed by atoms with van der Waals surface area (Å²) in [4.78, 5) is 57.4. The summed E-state index contributed by atoms with van der Waals surface area (Å²) in [5, 5.41) is 9.79. The van der Waals surface area contributed by atoms with Crippen molar-refractivity contribution in [3.8, 4) is 5.88 Å². The Morgan fingerprint density at radius 1 is 1.02 bits per heavy atom. The van der Waals surface area contributed by atoms with E-state index in [1.807, 2.05) is 22.5 Å². The first-order valence-electron chi connectivity index (χ1n) is 18.0. The highest BCUT2D eigenvalue weighted by atomic mass is 19.1. The number of halogens is 1. The van der Waals surface area contributed by atoms with E-state index in [-0.39, 0.29) is 47.5 Å². The topological polar surface area (TPSA) is 136 Å². The van der Waals surface area contributed by atoms with Gasteiger partial charge in [-0.1, -0.05) is 27.2 Å². The highest BCUT2D eigenvalue weighted by Crippen LogP contribution is 2.37. The smallest absolute Gasteiger partial charge is 0.407 e. The van der Waals surface area contributed by atoms with Crippen LogP contribution in [0.4, 0.5) is 9.18 Å². The van der Waals surface area contributed by atoms with Crippen LogP contribution < -0.4 is 10.4 Å². The Morgan fingerprint density at radius 2 is 1.72 bits per heavy atom. The Bertz CT molecular complexity index is 1750. The Morgan fingerprint density at radius 3 is 2.38 bits per heavy atom. The number of carboxylic acid groups (broad SMARTS) is 1. The van der Waals surface area contributed by atoms with Gasteiger partial charge in [-0.2, -0.15) is 4.99 Å². The van der Waals surface area contributed by atoms with Gasteiger partial charge in [-0.25, -0.2) is 14.2 Å². The van der Waals surface area contributed by atoms with Crippen LogP contribution in [0.15, 0.2) is 41.5 Å². The van der Waals surface area contributed by atoms with Crippen LogP contribution in [0.5, 0.6) is 5.88 Å². The molecule has 12 nitrogen and oxygen atoms in total. The van der Waals surface area contributed by atoms with E-state index >= 15 is 0 Å². The number of fused-ring (bicyclic) bond motifs is 1. The zero-order valence-corrected chi connectivity index (χ0v) is 29.6. The third-order valence-electron chi connectivity index (χ3n) is 10.7. The number of benzene rings is 1. The number of hydrogen-bond donors (Lipinski definition) is 2. The number of amides is 3. The molecule has 50 heavy (non-hydrogen) atoms. The molecule has 2 aromatic heterocycles. The number of H-pyrrole nitrogens is 1. The molecule has 2 saturated heterocycles. The second-order valence-corrected chi connectivity index (χ2v) is 15.2. The SMILES string of the molecule is CC1CN(C(=O)C2CCC(n3/c(=N\C(=O)c4ccc(F)cc4)[nH]c4cnc(OCCN5CCCCC5)cc43)CC2)C(C(C)(C)C)CN1C(=O)O. The number of pyridine rings is 1. The molecule has 3 aliphatic rings. The van der Waals surface area contributed by atoms with Crippen molar-refractivity contribution in [2.24, 2.45) is 16.3 Å². The number of piperazine rings is 1. The number of piperidine rings is 1. The number of imidazole rings is 1. The van der Waals surface area contributed by atoms with Crippen molar-refractivity contribution in [2.45, 2.75) is 90.8 Å². The van der Waals surface area contributed by atoms with Gasteiger partial charge in [0.1, 0.15) is 12.4 Å². The summed E-state index contributed by atoms with van der Waals surface area (Å²) in [6, 6.07) is 6.63. The van der Waals surface area contributed by atoms with Gasteiger partial charge in [-0.05, 0) is 88.2 Å². The number of nitrogens with zero attached hydrogens (tertiary/aromatic N) is 6. The van der Waals surface area contributed by atoms with Gasteiger partial charge in [-0.15, -0.1) is 0 Å². The molecule has 4 heterocycles. The van der Waals surface area contributed by atoms with Crippen molar-refractivity contribution in [3.63, 3.8) is 0 Å². The number of ether oxygens (including phenoxy) is 1. The third-order valence-corrected chi connectivity index (χ3v) is 10.7. The van der Waals surface area contributed by atoms with Gasteiger partial charge in [0.2, 0.25) is 17.4 Å². The van der Waals surface area contributed by atoms with E-state index in [9.17, 15) is 23.9 Å². The lowest BCUT2D eigenvalue weighted by Crippen LogP contribution is -2.64. The summed E-state index contributed by atoms with van der Waals surface area (Å²) >= 11 is 0. The average molecular weight is 692 g/mol. The van der Waals surface area contributed by atoms with Crippen molar-refractivity contribution in [2.75, 3.05) is 39.3 Å². The van der Waals surface area contributed by atoms with Crippen molar-refractivity contribution < 1.29 is 28.6 Å². The zero-order valence-electron chi connectivity index (χ0n) is 29.6. The summed E-state index contributed by atoms with van der Waals surface area (Å²) in [6.45, 7) is 12.2. The molecule has 0 bridgehead atoms. The van der Waals surface area contributed by atoms with Gasteiger partial charge in [0.15, 0.2) is 0 Å². The Balaban J connectivity index is 1.24. The molecule has 1 aliphatic carbocycles. The zero-order chi connectivity index (χ0) is 35.6. The van der Waals surface area contributed by atoms with Crippen LogP contribution in [0.3, 0.4) is 0 Å². The van der Waals surface area contributed by atoms with E-state index in [4.69, 9.17) is 4.74 Å². The molecule has 3 fully saturated rings. The van der Waals surface area contributed by atoms with Crippen LogP contribution in [0.25, 0.3) is 11.0 Å². The minimum atomic E-state index is -0.958. The van der Waals surface area contributed by atoms with E-state index in [2.05, 4.69) is 40.6 Å². The minimum Gasteiger partial charge on any atom is -0.476 e. The predicted molar refractivity (Wildman–Crippen MR) is 186 cm³/mol. The molecule has 0 radical (unpaired) electrons. The van der Waals surface area contributed by atoms with Gasteiger partial charge in [0, 0.05) is 49.3 Å². The van der Waals surface area contributed by atoms with E-state index in [1.54, 1.807) is 6.20 Å². The lowest BCUT2D eigenvalue weighted by Gasteiger charge is -2.50. The average Bonchev–Trinajstić information content (AvgIpc) is 3.44. The standard InChI is InChI=1S/C37H50FN7O5/c1-24-22-44(31(37(2,3)4)23-43(24)36(48)49)34(47)26-10-14-28(15-11-26)45-30-20-32(50-19-18-42-16-6-5-7-17-42)39-21-29(30)40-35(45)41-33(46)25-8-12-27(38)13-9-25/h8-9,12-13,20-21,24,26,28,31H,5-7,10-11,14-19,22-23H2,1-4H3,(H,48,49)(H,40,41,46). The van der Waals surface area contributed by atoms with Gasteiger partial charge < -0.3 is 29.2 Å². The van der Waals surface area contributed by atoms with E-state index < -0.39 is 17.8 Å². The molecular weight excluding hydrogens is 641 g/mol. The second-order valence-electron chi connectivity index (χ2n) is 15.2. The monoisotopic (exact) mass is 691 g/mol. The number of carbonyl (C=O) groups is 3. The molecule has 3 aromatic rings. The molecule has 2 atom stereocenters. The first-order valence-corrected chi connectivity index (χ1v) is 18.0. The van der Waals surface area contributed by atoms with Crippen molar-refractivity contribution in [3.05, 3.63) is 53.5 Å². The van der Waals surface area contributed by atoms with Gasteiger partial charge in [0.25, 0.3) is 5.91 Å². The molecule has 0 spiro atoms. The highest BCUT2D eigenvalue weighted by Gasteiger charge is 2.44. The molecular formula is C37H50FN7O5. The van der Waals surface area contributed by atoms with Gasteiger partial charge in [0.05, 0.1) is 23.3 Å². The number of aromatic amines is 1. The maximum atomic E-state index is 14.1. The van der Waals surface area contributed by atoms with Crippen molar-refractivity contribution >= 4 is 28.9 Å². The van der Waals surface area contributed by atoms with Crippen molar-refractivity contribution in [1.29, 1.82) is 0 Å². The van der Waals surface area contributed by atoms with Gasteiger partial charge in [-0.3, -0.25) is 14.5 Å². The largest absolute Gasteiger partial charge is 0.476 e. The summed E-state index contributed by atoms with van der Waals surface area (Å²) in [5.74, 6) is -0.552. The van der Waals surface area contributed by atoms with E-state index in [0.717, 1.165) is 25.2 Å². The fourth-order valence-corrected chi connectivity index (χ4v) is 7.80. The summed E-state index contributed by atoms with van der Waals surface area (Å²) in [7, 11) is 0. The number of carbonyl (C=O) groups excluding carboxylic acids is 2. The Hall–Kier alpha value is -4.26. The van der Waals surface area contributed by atoms with E-state index in [1.165, 1.54) is 48.4 Å². The number of aromatic nitrogens is 3. The van der Waals surface area contributed by atoms with Crippen LogP contribution in [0.1, 0.15) is 89.0 Å². The van der Waals surface area contributed by atoms with Gasteiger partial charge >= 0.3 is 6.09 Å². The Kier molecular flexibility index (Phi) is 10.6. The number of likely N-dealkylation sites (tertiary alicyclic amines) is 1. The Labute approximate surface area is 292 Å². The van der Waals surface area contributed by atoms with Crippen molar-refractivity contribution in [1.82, 2.24) is 29.2 Å². The molecule has 2 aliphatic heterocycles. The summed E-state index contributed by atoms with van der Waals surface area (Å²) in [6.07, 6.45) is 7.08. The maximum Gasteiger partial charge on any atom is 0.407 e. The van der Waals surface area contributed by atoms with Crippen LogP contribution in [0.2, 0.25) is 0 Å². The number of rotatable bonds is 7. The van der Waals surface area contributed by atoms with E-state index in [0.29, 0.717) is 55.8 Å². The summed E-state index contributed by atoms with van der Waals surface area (Å²) < 4.78 is 21.7. The normalized spacial score (nSPS) is 24.1.